The molecule has 4 aliphatic rings. The van der Waals surface area contributed by atoms with Gasteiger partial charge in [-0.05, 0) is 44.6 Å². The van der Waals surface area contributed by atoms with Gasteiger partial charge in [0.05, 0.1) is 5.92 Å². The van der Waals surface area contributed by atoms with Gasteiger partial charge < -0.3 is 5.21 Å². The summed E-state index contributed by atoms with van der Waals surface area (Å²) in [5, 5.41) is 12.4. The van der Waals surface area contributed by atoms with E-state index in [2.05, 4.69) is 4.90 Å². The third-order valence-electron chi connectivity index (χ3n) is 5.90. The van der Waals surface area contributed by atoms with E-state index >= 15 is 0 Å². The first-order valence-corrected chi connectivity index (χ1v) is 7.90. The van der Waals surface area contributed by atoms with Crippen molar-refractivity contribution in [2.75, 3.05) is 19.6 Å². The molecule has 3 fully saturated rings. The monoisotopic (exact) mass is 248 g/mol. The van der Waals surface area contributed by atoms with E-state index in [0.717, 1.165) is 18.9 Å². The molecule has 100 valence electrons. The minimum Gasteiger partial charge on any atom is -0.624 e. The van der Waals surface area contributed by atoms with Crippen LogP contribution in [0.2, 0.25) is 0 Å². The molecule has 3 heteroatoms. The summed E-state index contributed by atoms with van der Waals surface area (Å²) in [7, 11) is 0. The lowest BCUT2D eigenvalue weighted by Gasteiger charge is -2.42. The van der Waals surface area contributed by atoms with Crippen molar-refractivity contribution < 1.29 is 4.74 Å². The van der Waals surface area contributed by atoms with E-state index in [1.165, 1.54) is 62.1 Å². The third-order valence-corrected chi connectivity index (χ3v) is 5.90. The van der Waals surface area contributed by atoms with Crippen LogP contribution in [-0.2, 0) is 0 Å². The maximum Gasteiger partial charge on any atom is 0.171 e. The van der Waals surface area contributed by atoms with Crippen LogP contribution in [0.25, 0.3) is 0 Å². The Morgan fingerprint density at radius 2 is 1.94 bits per heavy atom. The van der Waals surface area contributed by atoms with E-state index in [0.29, 0.717) is 17.9 Å². The van der Waals surface area contributed by atoms with Crippen LogP contribution in [-0.4, -0.2) is 41.0 Å². The molecule has 4 atom stereocenters. The molecule has 0 aromatic rings. The predicted molar refractivity (Wildman–Crippen MR) is 71.7 cm³/mol. The average Bonchev–Trinajstić information content (AvgIpc) is 2.55. The molecular formula is C15H24N2O. The van der Waals surface area contributed by atoms with Crippen LogP contribution in [0.15, 0.2) is 0 Å². The fourth-order valence-electron chi connectivity index (χ4n) is 5.19. The lowest BCUT2D eigenvalue weighted by atomic mass is 9.84. The van der Waals surface area contributed by atoms with Gasteiger partial charge in [-0.3, -0.25) is 4.90 Å². The molecule has 18 heavy (non-hydrogen) atoms. The zero-order valence-electron chi connectivity index (χ0n) is 11.2. The van der Waals surface area contributed by atoms with E-state index in [9.17, 15) is 5.21 Å². The smallest absolute Gasteiger partial charge is 0.171 e. The van der Waals surface area contributed by atoms with Gasteiger partial charge in [0.15, 0.2) is 12.3 Å². The second-order valence-corrected chi connectivity index (χ2v) is 6.79. The van der Waals surface area contributed by atoms with Crippen LogP contribution in [0.1, 0.15) is 44.9 Å². The Kier molecular flexibility index (Phi) is 2.65. The quantitative estimate of drug-likeness (QED) is 0.486. The van der Waals surface area contributed by atoms with E-state index in [-0.39, 0.29) is 0 Å². The van der Waals surface area contributed by atoms with Gasteiger partial charge in [0.1, 0.15) is 0 Å². The predicted octanol–water partition coefficient (Wildman–Crippen LogP) is 2.24. The second-order valence-electron chi connectivity index (χ2n) is 6.79. The van der Waals surface area contributed by atoms with Crippen molar-refractivity contribution in [2.45, 2.75) is 51.0 Å². The lowest BCUT2D eigenvalue weighted by Crippen LogP contribution is -2.49. The summed E-state index contributed by atoms with van der Waals surface area (Å²) in [6, 6.07) is 0.713. The van der Waals surface area contributed by atoms with Crippen molar-refractivity contribution in [2.24, 2.45) is 17.8 Å². The molecular weight excluding hydrogens is 224 g/mol. The molecule has 1 saturated carbocycles. The summed E-state index contributed by atoms with van der Waals surface area (Å²) in [4.78, 5) is 2.72. The SMILES string of the molecule is [O-][N+]1=C2[C@H]3C[C@H](CN4CCCC[C@@H]34)[C@H]2CCCC1. The highest BCUT2D eigenvalue weighted by Crippen LogP contribution is 2.47. The molecule has 2 saturated heterocycles. The van der Waals surface area contributed by atoms with Crippen molar-refractivity contribution >= 4 is 5.71 Å². The van der Waals surface area contributed by atoms with Gasteiger partial charge in [0.2, 0.25) is 0 Å². The van der Waals surface area contributed by atoms with Crippen molar-refractivity contribution in [3.8, 4) is 0 Å². The molecule has 1 aliphatic carbocycles. The molecule has 0 radical (unpaired) electrons. The van der Waals surface area contributed by atoms with Crippen molar-refractivity contribution in [3.63, 3.8) is 0 Å². The number of hydrogen-bond acceptors (Lipinski definition) is 2. The molecule has 0 aromatic heterocycles. The average molecular weight is 248 g/mol. The minimum absolute atomic E-state index is 0.615. The summed E-state index contributed by atoms with van der Waals surface area (Å²) < 4.78 is 1.42. The minimum atomic E-state index is 0.615. The zero-order valence-corrected chi connectivity index (χ0v) is 11.2. The largest absolute Gasteiger partial charge is 0.624 e. The standard InChI is InChI=1S/C15H24N2O/c18-17-8-4-1-5-12-11-9-13(15(12)17)14-6-2-3-7-16(14)10-11/h11-14H,1-10H2/t11-,12-,13+,14+/m1/s1. The van der Waals surface area contributed by atoms with Gasteiger partial charge in [0, 0.05) is 24.9 Å². The van der Waals surface area contributed by atoms with Crippen LogP contribution in [0.3, 0.4) is 0 Å². The van der Waals surface area contributed by atoms with Gasteiger partial charge in [0.25, 0.3) is 0 Å². The lowest BCUT2D eigenvalue weighted by molar-refractivity contribution is -0.461. The number of hydrogen-bond donors (Lipinski definition) is 0. The Balaban J connectivity index is 1.72. The zero-order chi connectivity index (χ0) is 12.1. The highest BCUT2D eigenvalue weighted by Gasteiger charge is 2.53. The first-order chi connectivity index (χ1) is 8.84. The van der Waals surface area contributed by atoms with Gasteiger partial charge in [-0.25, -0.2) is 4.74 Å². The van der Waals surface area contributed by atoms with E-state index in [1.807, 2.05) is 0 Å². The summed E-state index contributed by atoms with van der Waals surface area (Å²) in [5.74, 6) is 2.05. The number of fused-ring (bicyclic) bond motifs is 7. The van der Waals surface area contributed by atoms with Gasteiger partial charge >= 0.3 is 0 Å². The van der Waals surface area contributed by atoms with Gasteiger partial charge in [-0.1, -0.05) is 6.42 Å². The van der Waals surface area contributed by atoms with Crippen LogP contribution < -0.4 is 0 Å². The second kappa shape index (κ2) is 4.22. The molecule has 0 amide bonds. The molecule has 0 N–H and O–H groups in total. The highest BCUT2D eigenvalue weighted by atomic mass is 16.5. The molecule has 4 rings (SSSR count). The van der Waals surface area contributed by atoms with Crippen LogP contribution in [0.5, 0.6) is 0 Å². The fourth-order valence-corrected chi connectivity index (χ4v) is 5.19. The fraction of sp³-hybridized carbons (Fsp3) is 0.933. The summed E-state index contributed by atoms with van der Waals surface area (Å²) >= 11 is 0. The van der Waals surface area contributed by atoms with Crippen LogP contribution >= 0.6 is 0 Å². The maximum atomic E-state index is 12.4. The number of nitrogens with zero attached hydrogens (tertiary/aromatic N) is 2. The Labute approximate surface area is 109 Å². The van der Waals surface area contributed by atoms with E-state index in [4.69, 9.17) is 0 Å². The van der Waals surface area contributed by atoms with Crippen molar-refractivity contribution in [1.29, 1.82) is 0 Å². The molecule has 2 bridgehead atoms. The normalized spacial score (nSPS) is 44.4. The van der Waals surface area contributed by atoms with Crippen molar-refractivity contribution in [3.05, 3.63) is 5.21 Å². The van der Waals surface area contributed by atoms with Crippen LogP contribution in [0.4, 0.5) is 0 Å². The van der Waals surface area contributed by atoms with Crippen LogP contribution in [0, 0.1) is 23.0 Å². The number of rotatable bonds is 0. The van der Waals surface area contributed by atoms with E-state index < -0.39 is 0 Å². The van der Waals surface area contributed by atoms with Gasteiger partial charge in [-0.15, -0.1) is 0 Å². The summed E-state index contributed by atoms with van der Waals surface area (Å²) in [6.45, 7) is 3.33. The Morgan fingerprint density at radius 1 is 1.06 bits per heavy atom. The topological polar surface area (TPSA) is 29.3 Å². The third kappa shape index (κ3) is 1.56. The highest BCUT2D eigenvalue weighted by molar-refractivity contribution is 5.88. The Bertz CT molecular complexity index is 379. The van der Waals surface area contributed by atoms with Gasteiger partial charge in [-0.2, -0.15) is 0 Å². The Morgan fingerprint density at radius 3 is 2.89 bits per heavy atom. The molecule has 0 spiro atoms. The summed E-state index contributed by atoms with van der Waals surface area (Å²) in [6.07, 6.45) is 9.06. The Hall–Kier alpha value is -0.570. The number of piperidine rings is 2. The first kappa shape index (κ1) is 11.3. The number of hydroxylamine groups is 1. The maximum absolute atomic E-state index is 12.4. The summed E-state index contributed by atoms with van der Waals surface area (Å²) in [5.41, 5.74) is 1.33. The molecule has 3 nitrogen and oxygen atoms in total. The van der Waals surface area contributed by atoms with E-state index in [1.54, 1.807) is 0 Å². The van der Waals surface area contributed by atoms with Crippen molar-refractivity contribution in [1.82, 2.24) is 4.90 Å². The first-order valence-electron chi connectivity index (χ1n) is 7.90. The molecule has 3 heterocycles. The molecule has 0 unspecified atom stereocenters. The molecule has 0 aromatic carbocycles. The molecule has 3 aliphatic heterocycles.